The summed E-state index contributed by atoms with van der Waals surface area (Å²) in [5.74, 6) is 1.95. The first-order valence-corrected chi connectivity index (χ1v) is 35.9. The number of halogens is 1. The fourth-order valence-electron chi connectivity index (χ4n) is 13.0. The quantitative estimate of drug-likeness (QED) is 0.0193. The predicted octanol–water partition coefficient (Wildman–Crippen LogP) is 12.3. The number of nitrogen functional groups attached to an aromatic ring is 1. The third-order valence-electron chi connectivity index (χ3n) is 19.5. The van der Waals surface area contributed by atoms with Gasteiger partial charge in [0.1, 0.15) is 23.0 Å². The van der Waals surface area contributed by atoms with Crippen LogP contribution >= 0.6 is 0 Å². The van der Waals surface area contributed by atoms with Crippen LogP contribution in [0.4, 0.5) is 22.7 Å². The Hall–Kier alpha value is -11.3. The minimum Gasteiger partial charge on any atom is -1.00 e. The van der Waals surface area contributed by atoms with E-state index in [-0.39, 0.29) is 101 Å². The van der Waals surface area contributed by atoms with Crippen LogP contribution in [-0.4, -0.2) is 157 Å². The fourth-order valence-corrected chi connectivity index (χ4v) is 13.0. The number of carboxylic acid groups (broad SMARTS) is 1. The van der Waals surface area contributed by atoms with Gasteiger partial charge in [-0.3, -0.25) is 43.5 Å². The summed E-state index contributed by atoms with van der Waals surface area (Å²) >= 11 is 0. The number of aliphatic hydroxyl groups is 1. The molecule has 113 heavy (non-hydrogen) atoms. The fraction of sp³-hybridized carbons (Fsp3) is 0.306. The van der Waals surface area contributed by atoms with Crippen molar-refractivity contribution in [2.24, 2.45) is 23.7 Å². The van der Waals surface area contributed by atoms with Crippen LogP contribution in [-0.2, 0) is 19.1 Å². The Balaban J connectivity index is 0.000000197. The average Bonchev–Trinajstić information content (AvgIpc) is 1.66. The van der Waals surface area contributed by atoms with Crippen molar-refractivity contribution in [3.63, 3.8) is 0 Å². The Morgan fingerprint density at radius 2 is 0.832 bits per heavy atom. The van der Waals surface area contributed by atoms with Crippen molar-refractivity contribution in [2.75, 3.05) is 64.3 Å². The summed E-state index contributed by atoms with van der Waals surface area (Å²) in [6.45, 7) is 13.6. The van der Waals surface area contributed by atoms with E-state index < -0.39 is 11.6 Å². The first-order valence-electron chi connectivity index (χ1n) is 35.9. The Bertz CT molecular complexity index is 5280. The Kier molecular flexibility index (Phi) is 31.6. The molecule has 8 aromatic carbocycles. The number of ether oxygens (including phenoxy) is 6. The summed E-state index contributed by atoms with van der Waals surface area (Å²) in [7, 11) is 9.17. The van der Waals surface area contributed by atoms with Gasteiger partial charge in [0.2, 0.25) is 0 Å². The van der Waals surface area contributed by atoms with Gasteiger partial charge in [-0.05, 0) is 165 Å². The number of fused-ring (bicyclic) bond motifs is 4. The number of benzene rings is 8. The molecular formula is C85H97BrMgN12O14. The Labute approximate surface area is 683 Å². The molecule has 4 aromatic heterocycles. The Morgan fingerprint density at radius 3 is 1.19 bits per heavy atom. The second-order valence-electron chi connectivity index (χ2n) is 28.3. The van der Waals surface area contributed by atoms with Crippen molar-refractivity contribution in [1.82, 2.24) is 40.0 Å². The van der Waals surface area contributed by atoms with Crippen molar-refractivity contribution in [2.45, 2.75) is 105 Å². The molecule has 9 N–H and O–H groups in total. The molecule has 3 aliphatic rings. The molecule has 0 unspecified atom stereocenters. The van der Waals surface area contributed by atoms with Crippen LogP contribution in [0.25, 0.3) is 43.6 Å². The largest absolute Gasteiger partial charge is 2.00 e. The molecule has 15 rings (SSSR count). The number of H-pyrrole nitrogens is 2. The van der Waals surface area contributed by atoms with Crippen LogP contribution in [0.2, 0.25) is 0 Å². The number of hydrogen-bond acceptors (Lipinski definition) is 18. The van der Waals surface area contributed by atoms with E-state index in [1.54, 1.807) is 77.2 Å². The first kappa shape index (κ1) is 88.9. The van der Waals surface area contributed by atoms with Crippen LogP contribution < -0.4 is 57.6 Å². The van der Waals surface area contributed by atoms with Gasteiger partial charge in [0, 0.05) is 74.9 Å². The van der Waals surface area contributed by atoms with Gasteiger partial charge in [0.05, 0.1) is 135 Å². The molecule has 28 heteroatoms. The minimum atomic E-state index is -0.872. The van der Waals surface area contributed by atoms with Crippen molar-refractivity contribution >= 4 is 125 Å². The van der Waals surface area contributed by atoms with E-state index in [9.17, 15) is 33.9 Å². The van der Waals surface area contributed by atoms with Gasteiger partial charge in [-0.1, -0.05) is 77.7 Å². The number of nitrogens with zero attached hydrogens (tertiary/aromatic N) is 6. The number of nitrogens with one attached hydrogen (secondary N) is 5. The molecule has 0 bridgehead atoms. The van der Waals surface area contributed by atoms with Gasteiger partial charge in [0.25, 0.3) is 17.7 Å². The molecular weight excluding hydrogens is 1520 g/mol. The van der Waals surface area contributed by atoms with Gasteiger partial charge in [-0.15, -0.1) is 0 Å². The third-order valence-corrected chi connectivity index (χ3v) is 19.5. The molecule has 0 saturated heterocycles. The number of hydrogen-bond donors (Lipinski definition) is 8. The van der Waals surface area contributed by atoms with Gasteiger partial charge in [0.15, 0.2) is 0 Å². The summed E-state index contributed by atoms with van der Waals surface area (Å²) in [5.41, 5.74) is 17.1. The zero-order valence-corrected chi connectivity index (χ0v) is 69.0. The summed E-state index contributed by atoms with van der Waals surface area (Å²) < 4.78 is 34.5. The molecule has 4 heterocycles. The number of anilines is 4. The number of carbonyl (C=O) groups excluding carboxylic acids is 5. The minimum absolute atomic E-state index is 0. The van der Waals surface area contributed by atoms with Crippen molar-refractivity contribution in [3.05, 3.63) is 222 Å². The number of aryl methyl sites for hydroxylation is 4. The number of aromatic nitrogens is 8. The number of rotatable bonds is 16. The predicted molar refractivity (Wildman–Crippen MR) is 436 cm³/mol. The Morgan fingerprint density at radius 1 is 0.487 bits per heavy atom. The van der Waals surface area contributed by atoms with E-state index in [2.05, 4.69) is 53.1 Å². The van der Waals surface area contributed by atoms with E-state index in [1.807, 2.05) is 172 Å². The molecule has 3 saturated carbocycles. The summed E-state index contributed by atoms with van der Waals surface area (Å²) in [4.78, 5) is 70.3. The number of carbonyl (C=O) groups is 6. The van der Waals surface area contributed by atoms with Crippen LogP contribution in [0, 0.1) is 58.8 Å². The topological polar surface area (TPSA) is 353 Å². The summed E-state index contributed by atoms with van der Waals surface area (Å²) in [5, 5.41) is 54.1. The van der Waals surface area contributed by atoms with E-state index in [0.717, 1.165) is 110 Å². The second-order valence-corrected chi connectivity index (χ2v) is 28.3. The van der Waals surface area contributed by atoms with E-state index in [4.69, 9.17) is 39.6 Å². The molecule has 12 aromatic rings. The molecule has 0 spiro atoms. The standard InChI is InChI=1S/C23H27N3O3.C22H23N3O4.C16H15N3O2.C8H9N3O.C8H8O2.C7H12O2.CH3.BrH.Mg/c1-14-6-5-7-15(8-14)22(27)24-20-9-16-13-26(25-19(16)12-21(20)29-4)18-10-17(11-18)23(2,3)28;1-13-5-4-6-14(7-13)21(26)23-19-10-16-12-25(24-18(16)11-20(19)28-2)17-8-15(9-17)22(27)29-3;1-10-4-3-5-11(6-10)16(20)18-14-7-12-9-17-19-13(12)8-15(14)21-2;1-12-8-3-7-5(2-6(8)9)4-10-11-7;1-6-3-2-4-7(5-6)8(9)10;1-5-3-6(4-5)7(8)9-2;;;/h5-9,12-13,17-18,28H,10-11H2,1-4H3,(H,24,27);4-7,10-12,15,17H,8-9H2,1-3H3,(H,23,26);3-9H,1-2H3,(H,17,19)(H,18,20);2-4H,9H2,1H3,(H,10,11);2-5H,1H3,(H,9,10);5-6H,3-4H2,1-2H3;1H3;1H;/q;;;;;;-1;;+2/p-1. The number of nitrogens with two attached hydrogens (primary N) is 1. The van der Waals surface area contributed by atoms with Crippen LogP contribution in [0.15, 0.2) is 170 Å². The van der Waals surface area contributed by atoms with E-state index in [1.165, 1.54) is 14.2 Å². The number of methoxy groups -OCH3 is 6. The zero-order valence-electron chi connectivity index (χ0n) is 66.0. The molecule has 0 radical (unpaired) electrons. The van der Waals surface area contributed by atoms with E-state index in [0.29, 0.717) is 73.9 Å². The average molecular weight is 1610 g/mol. The molecule has 3 aliphatic carbocycles. The molecule has 0 aliphatic heterocycles. The van der Waals surface area contributed by atoms with Crippen molar-refractivity contribution < 1.29 is 84.4 Å². The maximum absolute atomic E-state index is 12.7. The monoisotopic (exact) mass is 1610 g/mol. The second kappa shape index (κ2) is 40.2. The number of aromatic amines is 2. The summed E-state index contributed by atoms with van der Waals surface area (Å²) in [6.07, 6.45) is 12.7. The first-order chi connectivity index (χ1) is 52.6. The van der Waals surface area contributed by atoms with E-state index >= 15 is 0 Å². The smallest absolute Gasteiger partial charge is 1.00 e. The maximum Gasteiger partial charge on any atom is 2.00 e. The van der Waals surface area contributed by atoms with Gasteiger partial charge in [-0.25, -0.2) is 4.79 Å². The summed E-state index contributed by atoms with van der Waals surface area (Å²) in [6, 6.07) is 44.4. The number of esters is 2. The molecule has 3 amide bonds. The molecule has 26 nitrogen and oxygen atoms in total. The normalized spacial score (nSPS) is 16.1. The van der Waals surface area contributed by atoms with Crippen LogP contribution in [0.1, 0.15) is 135 Å². The number of amides is 3. The van der Waals surface area contributed by atoms with Crippen LogP contribution in [0.3, 0.4) is 0 Å². The van der Waals surface area contributed by atoms with Crippen molar-refractivity contribution in [3.8, 4) is 23.0 Å². The van der Waals surface area contributed by atoms with Gasteiger partial charge >= 0.3 is 41.0 Å². The third kappa shape index (κ3) is 22.9. The van der Waals surface area contributed by atoms with Gasteiger partial charge in [-0.2, -0.15) is 20.4 Å². The van der Waals surface area contributed by atoms with Crippen molar-refractivity contribution in [1.29, 1.82) is 0 Å². The number of aromatic carboxylic acids is 1. The number of carboxylic acids is 1. The van der Waals surface area contributed by atoms with Gasteiger partial charge < -0.3 is 84.7 Å². The maximum atomic E-state index is 12.7. The zero-order chi connectivity index (χ0) is 79.1. The SMILES string of the molecule is COC(=O)C1CC(C)C1.COC(=O)C1CC(n2cc3cc(NC(=O)c4cccc(C)c4)c(OC)cc3n2)C1.COc1cc2[nH]ncc2cc1N.COc1cc2[nH]ncc2cc1NC(=O)c1cccc(C)c1.COc1cc2nn(C3CC(C(C)(C)O)C3)cc2cc1NC(=O)c1cccc(C)c1.Cc1cccc(C(=O)O)c1.[Br-].[CH3-].[Mg+2]. The van der Waals surface area contributed by atoms with Crippen LogP contribution in [0.5, 0.6) is 23.0 Å². The molecule has 0 atom stereocenters. The molecule has 590 valence electrons. The molecule has 3 fully saturated rings.